The van der Waals surface area contributed by atoms with Crippen LogP contribution in [-0.4, -0.2) is 42.8 Å². The van der Waals surface area contributed by atoms with Crippen LogP contribution >= 0.6 is 11.3 Å². The van der Waals surface area contributed by atoms with E-state index in [1.165, 1.54) is 29.8 Å². The van der Waals surface area contributed by atoms with Crippen LogP contribution < -0.4 is 9.46 Å². The van der Waals surface area contributed by atoms with Crippen molar-refractivity contribution in [2.45, 2.75) is 42.4 Å². The standard InChI is InChI=1S/C23H21F5N4O3S2/c24-15-3-1-13(2-4-15)19-9-14(23(26,27)28)5-7-32(19)18-6-8-35-20-11-21(17(25)10-16(18)20)37(33,34)31-22-30-29-12-36-22/h1-4,10-12,14,18-19H,5-9H2,(H,30,31)/t14-,18+,19+/m1/s1. The van der Waals surface area contributed by atoms with Crippen LogP contribution in [0.1, 0.15) is 42.5 Å². The molecule has 2 aliphatic rings. The summed E-state index contributed by atoms with van der Waals surface area (Å²) in [5.74, 6) is -2.94. The first-order valence-electron chi connectivity index (χ1n) is 11.4. The third kappa shape index (κ3) is 5.27. The first-order valence-corrected chi connectivity index (χ1v) is 13.7. The minimum absolute atomic E-state index is 0.0365. The van der Waals surface area contributed by atoms with Gasteiger partial charge >= 0.3 is 6.18 Å². The number of anilines is 1. The van der Waals surface area contributed by atoms with Crippen LogP contribution in [0.25, 0.3) is 0 Å². The van der Waals surface area contributed by atoms with Crippen LogP contribution in [0.5, 0.6) is 5.75 Å². The number of piperidine rings is 1. The molecule has 1 N–H and O–H groups in total. The Morgan fingerprint density at radius 2 is 1.84 bits per heavy atom. The van der Waals surface area contributed by atoms with E-state index < -0.39 is 50.7 Å². The number of rotatable bonds is 5. The number of nitrogens with zero attached hydrogens (tertiary/aromatic N) is 3. The quantitative estimate of drug-likeness (QED) is 0.418. The van der Waals surface area contributed by atoms with Crippen molar-refractivity contribution in [1.29, 1.82) is 0 Å². The van der Waals surface area contributed by atoms with Crippen LogP contribution in [0, 0.1) is 17.6 Å². The van der Waals surface area contributed by atoms with Crippen LogP contribution in [0.2, 0.25) is 0 Å². The van der Waals surface area contributed by atoms with Gasteiger partial charge in [0.15, 0.2) is 0 Å². The number of sulfonamides is 1. The second kappa shape index (κ2) is 9.80. The van der Waals surface area contributed by atoms with Crippen molar-refractivity contribution < 1.29 is 35.1 Å². The van der Waals surface area contributed by atoms with Crippen molar-refractivity contribution in [3.63, 3.8) is 0 Å². The molecule has 198 valence electrons. The SMILES string of the molecule is O=S(=O)(Nc1nncs1)c1cc2c(cc1F)[C@@H](N1CC[C@@H](C(F)(F)F)C[C@H]1c1ccc(F)cc1)CCO2. The van der Waals surface area contributed by atoms with Crippen LogP contribution in [-0.2, 0) is 10.0 Å². The molecule has 1 fully saturated rings. The maximum absolute atomic E-state index is 15.2. The zero-order chi connectivity index (χ0) is 26.4. The zero-order valence-electron chi connectivity index (χ0n) is 19.1. The molecule has 14 heteroatoms. The van der Waals surface area contributed by atoms with Gasteiger partial charge in [0.25, 0.3) is 10.0 Å². The van der Waals surface area contributed by atoms with E-state index in [9.17, 15) is 26.0 Å². The molecule has 0 amide bonds. The Hall–Kier alpha value is -2.84. The minimum Gasteiger partial charge on any atom is -0.493 e. The first-order chi connectivity index (χ1) is 17.5. The zero-order valence-corrected chi connectivity index (χ0v) is 20.7. The molecule has 2 aromatic carbocycles. The number of fused-ring (bicyclic) bond motifs is 1. The monoisotopic (exact) mass is 560 g/mol. The molecule has 0 unspecified atom stereocenters. The van der Waals surface area contributed by atoms with E-state index in [1.807, 2.05) is 4.90 Å². The van der Waals surface area contributed by atoms with Gasteiger partial charge in [-0.25, -0.2) is 17.2 Å². The van der Waals surface area contributed by atoms with Gasteiger partial charge in [-0.05, 0) is 43.1 Å². The lowest BCUT2D eigenvalue weighted by Gasteiger charge is -2.46. The third-order valence-electron chi connectivity index (χ3n) is 6.71. The Morgan fingerprint density at radius 1 is 1.08 bits per heavy atom. The lowest BCUT2D eigenvalue weighted by atomic mass is 9.84. The largest absolute Gasteiger partial charge is 0.493 e. The van der Waals surface area contributed by atoms with Crippen molar-refractivity contribution in [2.75, 3.05) is 17.9 Å². The van der Waals surface area contributed by atoms with Crippen LogP contribution in [0.15, 0.2) is 46.8 Å². The van der Waals surface area contributed by atoms with Gasteiger partial charge in [-0.3, -0.25) is 9.62 Å². The molecule has 0 radical (unpaired) electrons. The Bertz CT molecular complexity index is 1370. The normalized spacial score (nSPS) is 22.8. The Labute approximate surface area is 213 Å². The Balaban J connectivity index is 1.50. The fourth-order valence-corrected chi connectivity index (χ4v) is 6.74. The number of alkyl halides is 3. The molecule has 0 spiro atoms. The van der Waals surface area contributed by atoms with Gasteiger partial charge in [-0.1, -0.05) is 23.5 Å². The van der Waals surface area contributed by atoms with Crippen LogP contribution in [0.3, 0.4) is 0 Å². The second-order valence-corrected chi connectivity index (χ2v) is 11.4. The maximum atomic E-state index is 15.2. The number of likely N-dealkylation sites (tertiary alicyclic amines) is 1. The highest BCUT2D eigenvalue weighted by Gasteiger charge is 2.46. The summed E-state index contributed by atoms with van der Waals surface area (Å²) in [7, 11) is -4.34. The number of nitrogens with one attached hydrogen (secondary N) is 1. The van der Waals surface area contributed by atoms with Crippen molar-refractivity contribution in [3.8, 4) is 5.75 Å². The summed E-state index contributed by atoms with van der Waals surface area (Å²) in [5.41, 5.74) is 2.18. The highest BCUT2D eigenvalue weighted by molar-refractivity contribution is 7.93. The fraction of sp³-hybridized carbons (Fsp3) is 0.391. The summed E-state index contributed by atoms with van der Waals surface area (Å²) in [6.07, 6.45) is -4.40. The van der Waals surface area contributed by atoms with E-state index in [0.29, 0.717) is 17.5 Å². The molecular formula is C23H21F5N4O3S2. The third-order valence-corrected chi connectivity index (χ3v) is 8.80. The van der Waals surface area contributed by atoms with Gasteiger partial charge in [0.1, 0.15) is 27.8 Å². The Kier molecular flexibility index (Phi) is 6.83. The smallest absolute Gasteiger partial charge is 0.391 e. The number of aromatic nitrogens is 2. The van der Waals surface area contributed by atoms with Crippen LogP contribution in [0.4, 0.5) is 27.1 Å². The lowest BCUT2D eigenvalue weighted by molar-refractivity contribution is -0.192. The molecule has 3 aromatic rings. The molecule has 1 saturated heterocycles. The average Bonchev–Trinajstić information content (AvgIpc) is 3.35. The topological polar surface area (TPSA) is 84.4 Å². The summed E-state index contributed by atoms with van der Waals surface area (Å²) in [6, 6.07) is 6.22. The molecular weight excluding hydrogens is 539 g/mol. The summed E-state index contributed by atoms with van der Waals surface area (Å²) in [4.78, 5) is 1.21. The summed E-state index contributed by atoms with van der Waals surface area (Å²) < 4.78 is 103. The van der Waals surface area contributed by atoms with Crippen molar-refractivity contribution in [2.24, 2.45) is 5.92 Å². The van der Waals surface area contributed by atoms with Crippen molar-refractivity contribution in [1.82, 2.24) is 15.1 Å². The molecule has 0 bridgehead atoms. The molecule has 3 atom stereocenters. The molecule has 3 heterocycles. The van der Waals surface area contributed by atoms with Gasteiger partial charge in [-0.2, -0.15) is 13.2 Å². The van der Waals surface area contributed by atoms with Gasteiger partial charge in [0, 0.05) is 30.1 Å². The predicted molar refractivity (Wildman–Crippen MR) is 125 cm³/mol. The Morgan fingerprint density at radius 3 is 2.51 bits per heavy atom. The fourth-order valence-electron chi connectivity index (χ4n) is 4.98. The van der Waals surface area contributed by atoms with E-state index in [4.69, 9.17) is 4.74 Å². The molecule has 0 aliphatic carbocycles. The van der Waals surface area contributed by atoms with Gasteiger partial charge in [0.05, 0.1) is 12.5 Å². The molecule has 37 heavy (non-hydrogen) atoms. The maximum Gasteiger partial charge on any atom is 0.391 e. The number of ether oxygens (including phenoxy) is 1. The highest BCUT2D eigenvalue weighted by Crippen LogP contribution is 2.48. The van der Waals surface area contributed by atoms with E-state index in [-0.39, 0.29) is 36.9 Å². The number of benzene rings is 2. The summed E-state index contributed by atoms with van der Waals surface area (Å²) in [6.45, 7) is 0.221. The van der Waals surface area contributed by atoms with E-state index in [0.717, 1.165) is 23.5 Å². The van der Waals surface area contributed by atoms with Crippen molar-refractivity contribution in [3.05, 3.63) is 64.7 Å². The predicted octanol–water partition coefficient (Wildman–Crippen LogP) is 5.46. The van der Waals surface area contributed by atoms with Gasteiger partial charge in [0.2, 0.25) is 5.13 Å². The lowest BCUT2D eigenvalue weighted by Crippen LogP contribution is -2.44. The second-order valence-electron chi connectivity index (χ2n) is 8.89. The van der Waals surface area contributed by atoms with Crippen molar-refractivity contribution >= 4 is 26.5 Å². The molecule has 1 aromatic heterocycles. The highest BCUT2D eigenvalue weighted by atomic mass is 32.2. The van der Waals surface area contributed by atoms with Gasteiger partial charge < -0.3 is 4.74 Å². The summed E-state index contributed by atoms with van der Waals surface area (Å²) in [5, 5.41) is 7.10. The number of hydrogen-bond donors (Lipinski definition) is 1. The number of hydrogen-bond acceptors (Lipinski definition) is 7. The van der Waals surface area contributed by atoms with E-state index in [2.05, 4.69) is 14.9 Å². The average molecular weight is 561 g/mol. The minimum atomic E-state index is -4.38. The van der Waals surface area contributed by atoms with E-state index in [1.54, 1.807) is 0 Å². The van der Waals surface area contributed by atoms with E-state index >= 15 is 4.39 Å². The molecule has 2 aliphatic heterocycles. The van der Waals surface area contributed by atoms with Gasteiger partial charge in [-0.15, -0.1) is 10.2 Å². The summed E-state index contributed by atoms with van der Waals surface area (Å²) >= 11 is 0.923. The first kappa shape index (κ1) is 25.8. The molecule has 7 nitrogen and oxygen atoms in total. The number of halogens is 5. The molecule has 0 saturated carbocycles. The molecule has 5 rings (SSSR count).